The summed E-state index contributed by atoms with van der Waals surface area (Å²) in [5, 5.41) is 13.5. The quantitative estimate of drug-likeness (QED) is 0.141. The van der Waals surface area contributed by atoms with Crippen molar-refractivity contribution in [3.8, 4) is 0 Å². The molecule has 1 saturated heterocycles. The Morgan fingerprint density at radius 1 is 0.804 bits per heavy atom. The van der Waals surface area contributed by atoms with E-state index in [1.807, 2.05) is 36.4 Å². The number of benzene rings is 2. The fourth-order valence-electron chi connectivity index (χ4n) is 4.93. The van der Waals surface area contributed by atoms with Gasteiger partial charge in [-0.15, -0.1) is 0 Å². The maximum atomic E-state index is 13.6. The largest absolute Gasteiger partial charge is 0.459 e. The molecule has 2 aromatic rings. The third kappa shape index (κ3) is 11.3. The van der Waals surface area contributed by atoms with Crippen LogP contribution < -0.4 is 32.3 Å². The van der Waals surface area contributed by atoms with Gasteiger partial charge in [-0.3, -0.25) is 24.0 Å². The summed E-state index contributed by atoms with van der Waals surface area (Å²) in [5.41, 5.74) is 6.89. The number of nitrogens with two attached hydrogens (primary N) is 1. The topological polar surface area (TPSA) is 198 Å². The molecule has 5 atom stereocenters. The van der Waals surface area contributed by atoms with Crippen LogP contribution in [0.4, 0.5) is 0 Å². The minimum Gasteiger partial charge on any atom is -0.459 e. The molecule has 248 valence electrons. The van der Waals surface area contributed by atoms with Gasteiger partial charge in [0.1, 0.15) is 30.8 Å². The van der Waals surface area contributed by atoms with Gasteiger partial charge in [-0.25, -0.2) is 4.79 Å². The molecule has 0 bridgehead atoms. The summed E-state index contributed by atoms with van der Waals surface area (Å²) in [6, 6.07) is 13.0. The lowest BCUT2D eigenvalue weighted by Crippen LogP contribution is -2.60. The summed E-state index contributed by atoms with van der Waals surface area (Å²) in [6.07, 6.45) is 1.01. The van der Waals surface area contributed by atoms with Crippen molar-refractivity contribution < 1.29 is 33.5 Å². The fraction of sp³-hybridized carbons (Fsp3) is 0.455. The van der Waals surface area contributed by atoms with E-state index in [4.69, 9.17) is 10.5 Å². The highest BCUT2D eigenvalue weighted by molar-refractivity contribution is 5.97. The second-order valence-corrected chi connectivity index (χ2v) is 11.7. The molecule has 5 amide bonds. The normalized spacial score (nSPS) is 16.7. The molecule has 1 heterocycles. The van der Waals surface area contributed by atoms with Gasteiger partial charge in [0.25, 0.3) is 0 Å². The lowest BCUT2D eigenvalue weighted by atomic mass is 10.00. The Balaban J connectivity index is 1.70. The van der Waals surface area contributed by atoms with Crippen LogP contribution in [0, 0.1) is 5.92 Å². The molecule has 1 fully saturated rings. The van der Waals surface area contributed by atoms with Crippen LogP contribution in [-0.4, -0.2) is 72.3 Å². The number of rotatable bonds is 16. The Morgan fingerprint density at radius 2 is 1.41 bits per heavy atom. The van der Waals surface area contributed by atoms with Crippen molar-refractivity contribution in [1.29, 1.82) is 0 Å². The smallest absolute Gasteiger partial charge is 0.328 e. The third-order valence-electron chi connectivity index (χ3n) is 7.51. The van der Waals surface area contributed by atoms with Gasteiger partial charge in [0.05, 0.1) is 12.5 Å². The summed E-state index contributed by atoms with van der Waals surface area (Å²) in [4.78, 5) is 77.4. The summed E-state index contributed by atoms with van der Waals surface area (Å²) in [7, 11) is 0. The standard InChI is InChI=1S/C33H44N6O7/c1-20(2)28(39-31(43)26(18-27(34)40)37-29(41)24-15-10-16-35-24)32(44)38-25(17-22-11-6-4-7-12-22)30(42)36-21(3)33(45)46-19-23-13-8-5-9-14-23/h4-9,11-14,20-21,24-26,28,35H,10,15-19H2,1-3H3,(H2,34,40)(H,36,42)(H,37,41)(H,38,44)(H,39,43)/t21-,24-,25-,26-,28-/m0/s1. The number of carbonyl (C=O) groups is 6. The zero-order valence-corrected chi connectivity index (χ0v) is 26.4. The van der Waals surface area contributed by atoms with Gasteiger partial charge in [0, 0.05) is 6.42 Å². The van der Waals surface area contributed by atoms with Gasteiger partial charge in [-0.2, -0.15) is 0 Å². The van der Waals surface area contributed by atoms with Gasteiger partial charge in [0.2, 0.25) is 29.5 Å². The minimum absolute atomic E-state index is 0.0359. The predicted octanol–water partition coefficient (Wildman–Crippen LogP) is 0.215. The zero-order chi connectivity index (χ0) is 33.6. The van der Waals surface area contributed by atoms with E-state index >= 15 is 0 Å². The van der Waals surface area contributed by atoms with Crippen LogP contribution in [0.1, 0.15) is 51.2 Å². The van der Waals surface area contributed by atoms with Crippen molar-refractivity contribution >= 4 is 35.5 Å². The van der Waals surface area contributed by atoms with Crippen molar-refractivity contribution in [2.75, 3.05) is 6.54 Å². The van der Waals surface area contributed by atoms with E-state index in [9.17, 15) is 28.8 Å². The van der Waals surface area contributed by atoms with Crippen LogP contribution in [0.3, 0.4) is 0 Å². The maximum absolute atomic E-state index is 13.6. The Labute approximate surface area is 268 Å². The molecule has 2 aromatic carbocycles. The SMILES string of the molecule is CC(C)[C@H](NC(=O)[C@H](CC(N)=O)NC(=O)[C@@H]1CCCN1)C(=O)N[C@@H](Cc1ccccc1)C(=O)N[C@@H](C)C(=O)OCc1ccccc1. The fourth-order valence-corrected chi connectivity index (χ4v) is 4.93. The second kappa shape index (κ2) is 17.6. The molecule has 0 spiro atoms. The minimum atomic E-state index is -1.30. The number of primary amides is 1. The molecule has 0 unspecified atom stereocenters. The monoisotopic (exact) mass is 636 g/mol. The first-order chi connectivity index (χ1) is 21.9. The average Bonchev–Trinajstić information content (AvgIpc) is 3.57. The van der Waals surface area contributed by atoms with Crippen LogP contribution in [0.15, 0.2) is 60.7 Å². The van der Waals surface area contributed by atoms with Gasteiger partial charge >= 0.3 is 5.97 Å². The molecule has 0 saturated carbocycles. The van der Waals surface area contributed by atoms with E-state index in [0.717, 1.165) is 17.5 Å². The molecule has 0 radical (unpaired) electrons. The molecule has 3 rings (SSSR count). The number of ether oxygens (including phenoxy) is 1. The van der Waals surface area contributed by atoms with E-state index in [-0.39, 0.29) is 13.0 Å². The lowest BCUT2D eigenvalue weighted by molar-refractivity contribution is -0.148. The van der Waals surface area contributed by atoms with Crippen molar-refractivity contribution in [3.05, 3.63) is 71.8 Å². The number of nitrogens with one attached hydrogen (secondary N) is 5. The average molecular weight is 637 g/mol. The van der Waals surface area contributed by atoms with Gasteiger partial charge in [-0.1, -0.05) is 74.5 Å². The first kappa shape index (κ1) is 35.7. The van der Waals surface area contributed by atoms with Crippen LogP contribution in [-0.2, 0) is 46.5 Å². The number of carbonyl (C=O) groups excluding carboxylic acids is 6. The molecule has 7 N–H and O–H groups in total. The van der Waals surface area contributed by atoms with Crippen molar-refractivity contribution in [2.45, 2.75) is 83.3 Å². The molecule has 0 aromatic heterocycles. The highest BCUT2D eigenvalue weighted by atomic mass is 16.5. The van der Waals surface area contributed by atoms with Crippen LogP contribution in [0.5, 0.6) is 0 Å². The number of esters is 1. The first-order valence-electron chi connectivity index (χ1n) is 15.4. The second-order valence-electron chi connectivity index (χ2n) is 11.7. The Hall–Kier alpha value is -4.78. The number of hydrogen-bond acceptors (Lipinski definition) is 8. The molecule has 0 aliphatic carbocycles. The first-order valence-corrected chi connectivity index (χ1v) is 15.4. The highest BCUT2D eigenvalue weighted by Gasteiger charge is 2.34. The summed E-state index contributed by atoms with van der Waals surface area (Å²) in [6.45, 7) is 5.58. The maximum Gasteiger partial charge on any atom is 0.328 e. The van der Waals surface area contributed by atoms with Gasteiger partial charge in [0.15, 0.2) is 0 Å². The van der Waals surface area contributed by atoms with Gasteiger partial charge in [-0.05, 0) is 43.4 Å². The van der Waals surface area contributed by atoms with E-state index < -0.39 is 78.1 Å². The lowest BCUT2D eigenvalue weighted by Gasteiger charge is -2.28. The summed E-state index contributed by atoms with van der Waals surface area (Å²) in [5.74, 6) is -4.40. The number of amides is 5. The van der Waals surface area contributed by atoms with Gasteiger partial charge < -0.3 is 37.1 Å². The third-order valence-corrected chi connectivity index (χ3v) is 7.51. The Bertz CT molecular complexity index is 1350. The molecule has 1 aliphatic rings. The molecule has 46 heavy (non-hydrogen) atoms. The van der Waals surface area contributed by atoms with Crippen LogP contribution in [0.2, 0.25) is 0 Å². The Kier molecular flexibility index (Phi) is 13.7. The summed E-state index contributed by atoms with van der Waals surface area (Å²) < 4.78 is 5.34. The van der Waals surface area contributed by atoms with Crippen LogP contribution in [0.25, 0.3) is 0 Å². The zero-order valence-electron chi connectivity index (χ0n) is 26.4. The van der Waals surface area contributed by atoms with Crippen molar-refractivity contribution in [2.24, 2.45) is 11.7 Å². The number of hydrogen-bond donors (Lipinski definition) is 6. The Morgan fingerprint density at radius 3 is 1.98 bits per heavy atom. The summed E-state index contributed by atoms with van der Waals surface area (Å²) >= 11 is 0. The van der Waals surface area contributed by atoms with Crippen molar-refractivity contribution in [1.82, 2.24) is 26.6 Å². The van der Waals surface area contributed by atoms with E-state index in [1.165, 1.54) is 6.92 Å². The highest BCUT2D eigenvalue weighted by Crippen LogP contribution is 2.10. The van der Waals surface area contributed by atoms with Crippen LogP contribution >= 0.6 is 0 Å². The molecule has 13 heteroatoms. The molecule has 1 aliphatic heterocycles. The molecule has 13 nitrogen and oxygen atoms in total. The van der Waals surface area contributed by atoms with E-state index in [1.54, 1.807) is 38.1 Å². The van der Waals surface area contributed by atoms with Crippen molar-refractivity contribution in [3.63, 3.8) is 0 Å². The van der Waals surface area contributed by atoms with E-state index in [2.05, 4.69) is 26.6 Å². The van der Waals surface area contributed by atoms with E-state index in [0.29, 0.717) is 13.0 Å². The predicted molar refractivity (Wildman–Crippen MR) is 169 cm³/mol. The molecular weight excluding hydrogens is 592 g/mol. The molecular formula is C33H44N6O7.